The predicted octanol–water partition coefficient (Wildman–Crippen LogP) is 4.30. The Morgan fingerprint density at radius 1 is 1.34 bits per heavy atom. The van der Waals surface area contributed by atoms with Crippen molar-refractivity contribution in [3.05, 3.63) is 61.0 Å². The molecule has 2 rings (SSSR count). The second-order valence-electron chi connectivity index (χ2n) is 6.13. The molecule has 2 aromatic rings. The first kappa shape index (κ1) is 21.8. The average Bonchev–Trinajstić information content (AvgIpc) is 2.94. The zero-order valence-corrected chi connectivity index (χ0v) is 17.2. The number of aryl methyl sites for hydroxylation is 2. The maximum atomic E-state index is 12.6. The van der Waals surface area contributed by atoms with Crippen LogP contribution in [0.5, 0.6) is 0 Å². The number of carbonyl (C=O) groups is 2. The standard InChI is InChI=1S/C20H19N3O5S/c1-5-28-20(25)17-12(3)13(4)29-19(17)22-18(24)15(10-21)8-14-7-6-11(2)16(9-14)23(26)27/h6-9H,5H2,1-4H3,(H,22,24). The number of thiophene rings is 1. The number of hydrogen-bond acceptors (Lipinski definition) is 7. The first-order chi connectivity index (χ1) is 13.7. The van der Waals surface area contributed by atoms with Crippen LogP contribution in [0, 0.1) is 42.2 Å². The van der Waals surface area contributed by atoms with Crippen molar-refractivity contribution < 1.29 is 19.2 Å². The zero-order valence-electron chi connectivity index (χ0n) is 16.4. The highest BCUT2D eigenvalue weighted by Crippen LogP contribution is 2.33. The quantitative estimate of drug-likeness (QED) is 0.248. The lowest BCUT2D eigenvalue weighted by atomic mass is 10.1. The van der Waals surface area contributed by atoms with Crippen LogP contribution in [0.1, 0.15) is 38.8 Å². The molecule has 1 amide bonds. The maximum absolute atomic E-state index is 12.6. The maximum Gasteiger partial charge on any atom is 0.341 e. The van der Waals surface area contributed by atoms with Gasteiger partial charge in [-0.15, -0.1) is 11.3 Å². The van der Waals surface area contributed by atoms with E-state index < -0.39 is 16.8 Å². The molecule has 0 atom stereocenters. The molecule has 9 heteroatoms. The van der Waals surface area contributed by atoms with Crippen molar-refractivity contribution in [2.45, 2.75) is 27.7 Å². The summed E-state index contributed by atoms with van der Waals surface area (Å²) in [6, 6.07) is 6.22. The van der Waals surface area contributed by atoms with Gasteiger partial charge in [0, 0.05) is 16.5 Å². The first-order valence-corrected chi connectivity index (χ1v) is 9.46. The third-order valence-electron chi connectivity index (χ3n) is 4.20. The Morgan fingerprint density at radius 2 is 2.03 bits per heavy atom. The van der Waals surface area contributed by atoms with Crippen LogP contribution in [0.2, 0.25) is 0 Å². The first-order valence-electron chi connectivity index (χ1n) is 8.64. The molecule has 0 aliphatic heterocycles. The molecule has 0 saturated heterocycles. The molecule has 8 nitrogen and oxygen atoms in total. The number of esters is 1. The Hall–Kier alpha value is -3.51. The molecule has 0 aliphatic carbocycles. The fraction of sp³-hybridized carbons (Fsp3) is 0.250. The van der Waals surface area contributed by atoms with E-state index in [1.807, 2.05) is 6.92 Å². The summed E-state index contributed by atoms with van der Waals surface area (Å²) in [6.45, 7) is 7.03. The van der Waals surface area contributed by atoms with E-state index in [0.717, 1.165) is 4.88 Å². The molecule has 0 saturated carbocycles. The van der Waals surface area contributed by atoms with Gasteiger partial charge in [0.15, 0.2) is 0 Å². The smallest absolute Gasteiger partial charge is 0.341 e. The normalized spacial score (nSPS) is 10.9. The second-order valence-corrected chi connectivity index (χ2v) is 7.36. The number of carbonyl (C=O) groups excluding carboxylic acids is 2. The minimum absolute atomic E-state index is 0.106. The summed E-state index contributed by atoms with van der Waals surface area (Å²) in [7, 11) is 0. The lowest BCUT2D eigenvalue weighted by molar-refractivity contribution is -0.385. The minimum Gasteiger partial charge on any atom is -0.462 e. The van der Waals surface area contributed by atoms with E-state index in [9.17, 15) is 25.0 Å². The number of nitriles is 1. The molecule has 150 valence electrons. The summed E-state index contributed by atoms with van der Waals surface area (Å²) >= 11 is 1.21. The van der Waals surface area contributed by atoms with Gasteiger partial charge in [-0.05, 0) is 44.9 Å². The van der Waals surface area contributed by atoms with Crippen LogP contribution >= 0.6 is 11.3 Å². The number of nitrogens with one attached hydrogen (secondary N) is 1. The van der Waals surface area contributed by atoms with Gasteiger partial charge in [-0.1, -0.05) is 12.1 Å². The minimum atomic E-state index is -0.720. The van der Waals surface area contributed by atoms with Crippen molar-refractivity contribution in [3.8, 4) is 6.07 Å². The van der Waals surface area contributed by atoms with Crippen molar-refractivity contribution >= 4 is 40.0 Å². The molecule has 0 bridgehead atoms. The summed E-state index contributed by atoms with van der Waals surface area (Å²) < 4.78 is 5.05. The average molecular weight is 413 g/mol. The number of hydrogen-bond donors (Lipinski definition) is 1. The summed E-state index contributed by atoms with van der Waals surface area (Å²) in [4.78, 5) is 36.2. The van der Waals surface area contributed by atoms with Crippen LogP contribution in [-0.2, 0) is 9.53 Å². The molecular formula is C20H19N3O5S. The number of rotatable bonds is 6. The largest absolute Gasteiger partial charge is 0.462 e. The fourth-order valence-corrected chi connectivity index (χ4v) is 3.61. The van der Waals surface area contributed by atoms with E-state index in [0.29, 0.717) is 21.7 Å². The Balaban J connectivity index is 2.37. The Kier molecular flexibility index (Phi) is 6.85. The van der Waals surface area contributed by atoms with E-state index >= 15 is 0 Å². The van der Waals surface area contributed by atoms with E-state index in [4.69, 9.17) is 4.74 Å². The van der Waals surface area contributed by atoms with Crippen molar-refractivity contribution in [1.29, 1.82) is 5.26 Å². The predicted molar refractivity (Wildman–Crippen MR) is 110 cm³/mol. The topological polar surface area (TPSA) is 122 Å². The molecule has 0 fully saturated rings. The fourth-order valence-electron chi connectivity index (χ4n) is 2.56. The summed E-state index contributed by atoms with van der Waals surface area (Å²) in [5, 5.41) is 23.4. The third kappa shape index (κ3) is 4.86. The van der Waals surface area contributed by atoms with Crippen LogP contribution < -0.4 is 5.32 Å². The van der Waals surface area contributed by atoms with Gasteiger partial charge in [0.05, 0.1) is 17.1 Å². The lowest BCUT2D eigenvalue weighted by Crippen LogP contribution is -2.16. The van der Waals surface area contributed by atoms with E-state index in [1.54, 1.807) is 39.0 Å². The van der Waals surface area contributed by atoms with Gasteiger partial charge < -0.3 is 10.1 Å². The van der Waals surface area contributed by atoms with E-state index in [1.165, 1.54) is 23.5 Å². The van der Waals surface area contributed by atoms with Gasteiger partial charge in [-0.3, -0.25) is 14.9 Å². The second kappa shape index (κ2) is 9.12. The van der Waals surface area contributed by atoms with Crippen molar-refractivity contribution in [2.75, 3.05) is 11.9 Å². The molecule has 29 heavy (non-hydrogen) atoms. The van der Waals surface area contributed by atoms with Gasteiger partial charge in [-0.2, -0.15) is 5.26 Å². The molecular weight excluding hydrogens is 394 g/mol. The van der Waals surface area contributed by atoms with Crippen molar-refractivity contribution in [2.24, 2.45) is 0 Å². The molecule has 1 N–H and O–H groups in total. The van der Waals surface area contributed by atoms with Crippen molar-refractivity contribution in [3.63, 3.8) is 0 Å². The van der Waals surface area contributed by atoms with Gasteiger partial charge >= 0.3 is 5.97 Å². The number of benzene rings is 1. The molecule has 0 unspecified atom stereocenters. The van der Waals surface area contributed by atoms with Gasteiger partial charge in [0.25, 0.3) is 11.6 Å². The number of nitro groups is 1. The van der Waals surface area contributed by atoms with Crippen LogP contribution in [-0.4, -0.2) is 23.4 Å². The molecule has 0 radical (unpaired) electrons. The summed E-state index contributed by atoms with van der Waals surface area (Å²) in [5.74, 6) is -1.27. The third-order valence-corrected chi connectivity index (χ3v) is 5.32. The van der Waals surface area contributed by atoms with Gasteiger partial charge in [0.2, 0.25) is 0 Å². The summed E-state index contributed by atoms with van der Waals surface area (Å²) in [5.41, 5.74) is 1.41. The highest BCUT2D eigenvalue weighted by molar-refractivity contribution is 7.16. The van der Waals surface area contributed by atoms with Gasteiger partial charge in [-0.25, -0.2) is 4.79 Å². The van der Waals surface area contributed by atoms with E-state index in [2.05, 4.69) is 5.32 Å². The Morgan fingerprint density at radius 3 is 2.62 bits per heavy atom. The molecule has 0 aliphatic rings. The zero-order chi connectivity index (χ0) is 21.7. The molecule has 1 heterocycles. The molecule has 1 aromatic carbocycles. The number of amides is 1. The lowest BCUT2D eigenvalue weighted by Gasteiger charge is -2.07. The van der Waals surface area contributed by atoms with Gasteiger partial charge in [0.1, 0.15) is 16.6 Å². The highest BCUT2D eigenvalue weighted by atomic mass is 32.1. The van der Waals surface area contributed by atoms with Crippen molar-refractivity contribution in [1.82, 2.24) is 0 Å². The number of anilines is 1. The molecule has 1 aromatic heterocycles. The number of ether oxygens (including phenoxy) is 1. The van der Waals surface area contributed by atoms with E-state index in [-0.39, 0.29) is 23.4 Å². The molecule has 0 spiro atoms. The monoisotopic (exact) mass is 413 g/mol. The Bertz CT molecular complexity index is 1060. The number of nitro benzene ring substituents is 1. The highest BCUT2D eigenvalue weighted by Gasteiger charge is 2.23. The number of nitrogens with zero attached hydrogens (tertiary/aromatic N) is 2. The SMILES string of the molecule is CCOC(=O)c1c(NC(=O)C(C#N)=Cc2ccc(C)c([N+](=O)[O-])c2)sc(C)c1C. The van der Waals surface area contributed by atoms with Crippen LogP contribution in [0.15, 0.2) is 23.8 Å². The van der Waals surface area contributed by atoms with Crippen LogP contribution in [0.4, 0.5) is 10.7 Å². The van der Waals surface area contributed by atoms with Crippen LogP contribution in [0.25, 0.3) is 6.08 Å². The van der Waals surface area contributed by atoms with Crippen LogP contribution in [0.3, 0.4) is 0 Å². The summed E-state index contributed by atoms with van der Waals surface area (Å²) in [6.07, 6.45) is 1.26. The Labute approximate surface area is 171 Å².